The molecule has 20 heavy (non-hydrogen) atoms. The summed E-state index contributed by atoms with van der Waals surface area (Å²) >= 11 is 0. The van der Waals surface area contributed by atoms with Crippen LogP contribution in [-0.2, 0) is 4.79 Å². The Labute approximate surface area is 117 Å². The molecule has 3 nitrogen and oxygen atoms in total. The second-order valence-corrected chi connectivity index (χ2v) is 4.57. The average Bonchev–Trinajstić information content (AvgIpc) is 2.41. The molecular formula is C16H16FNO2. The Bertz CT molecular complexity index is 596. The number of hydrogen-bond acceptors (Lipinski definition) is 2. The predicted octanol–water partition coefficient (Wildman–Crippen LogP) is 3.54. The summed E-state index contributed by atoms with van der Waals surface area (Å²) in [5, 5.41) is 2.67. The van der Waals surface area contributed by atoms with Crippen LogP contribution in [-0.4, -0.2) is 12.0 Å². The maximum absolute atomic E-state index is 12.8. The van der Waals surface area contributed by atoms with E-state index < -0.39 is 6.10 Å². The highest BCUT2D eigenvalue weighted by atomic mass is 19.1. The van der Waals surface area contributed by atoms with Gasteiger partial charge in [0.2, 0.25) is 0 Å². The Hall–Kier alpha value is -2.36. The molecule has 4 heteroatoms. The number of ether oxygens (including phenoxy) is 1. The van der Waals surface area contributed by atoms with Gasteiger partial charge in [0.25, 0.3) is 5.91 Å². The molecule has 0 heterocycles. The summed E-state index contributed by atoms with van der Waals surface area (Å²) in [5.41, 5.74) is 1.60. The molecule has 104 valence electrons. The van der Waals surface area contributed by atoms with Crippen molar-refractivity contribution < 1.29 is 13.9 Å². The minimum Gasteiger partial charge on any atom is -0.481 e. The van der Waals surface area contributed by atoms with Crippen molar-refractivity contribution in [2.45, 2.75) is 20.0 Å². The Balaban J connectivity index is 1.96. The van der Waals surface area contributed by atoms with E-state index in [9.17, 15) is 9.18 Å². The minimum absolute atomic E-state index is 0.280. The predicted molar refractivity (Wildman–Crippen MR) is 76.3 cm³/mol. The summed E-state index contributed by atoms with van der Waals surface area (Å²) in [6.45, 7) is 3.62. The second kappa shape index (κ2) is 6.19. The number of amides is 1. The summed E-state index contributed by atoms with van der Waals surface area (Å²) in [5.74, 6) is 0.0249. The number of carbonyl (C=O) groups is 1. The quantitative estimate of drug-likeness (QED) is 0.925. The van der Waals surface area contributed by atoms with Gasteiger partial charge in [0.05, 0.1) is 0 Å². The van der Waals surface area contributed by atoms with E-state index in [2.05, 4.69) is 5.32 Å². The number of aryl methyl sites for hydroxylation is 1. The van der Waals surface area contributed by atoms with E-state index >= 15 is 0 Å². The van der Waals surface area contributed by atoms with Crippen LogP contribution in [0, 0.1) is 12.7 Å². The van der Waals surface area contributed by atoms with E-state index in [1.807, 2.05) is 25.1 Å². The molecule has 0 saturated heterocycles. The maximum Gasteiger partial charge on any atom is 0.265 e. The summed E-state index contributed by atoms with van der Waals surface area (Å²) in [4.78, 5) is 12.0. The van der Waals surface area contributed by atoms with Crippen molar-refractivity contribution in [3.05, 3.63) is 59.9 Å². The van der Waals surface area contributed by atoms with Crippen LogP contribution in [0.1, 0.15) is 12.5 Å². The molecule has 0 radical (unpaired) electrons. The molecule has 0 bridgehead atoms. The topological polar surface area (TPSA) is 38.3 Å². The minimum atomic E-state index is -0.637. The molecule has 1 atom stereocenters. The highest BCUT2D eigenvalue weighted by molar-refractivity contribution is 5.94. The molecule has 0 aliphatic rings. The third kappa shape index (κ3) is 3.82. The first-order valence-corrected chi connectivity index (χ1v) is 6.34. The first-order chi connectivity index (χ1) is 9.54. The molecule has 0 unspecified atom stereocenters. The smallest absolute Gasteiger partial charge is 0.265 e. The lowest BCUT2D eigenvalue weighted by atomic mass is 10.2. The molecule has 2 aromatic carbocycles. The van der Waals surface area contributed by atoms with Gasteiger partial charge >= 0.3 is 0 Å². The summed E-state index contributed by atoms with van der Waals surface area (Å²) in [6, 6.07) is 13.1. The SMILES string of the molecule is Cc1cccc(O[C@@H](C)C(=O)Nc2ccc(F)cc2)c1. The zero-order valence-electron chi connectivity index (χ0n) is 11.4. The third-order valence-corrected chi connectivity index (χ3v) is 2.78. The van der Waals surface area contributed by atoms with Crippen molar-refractivity contribution in [3.63, 3.8) is 0 Å². The van der Waals surface area contributed by atoms with Gasteiger partial charge in [-0.3, -0.25) is 4.79 Å². The largest absolute Gasteiger partial charge is 0.481 e. The fraction of sp³-hybridized carbons (Fsp3) is 0.188. The average molecular weight is 273 g/mol. The lowest BCUT2D eigenvalue weighted by Gasteiger charge is -2.15. The van der Waals surface area contributed by atoms with Crippen LogP contribution in [0.15, 0.2) is 48.5 Å². The zero-order valence-corrected chi connectivity index (χ0v) is 11.4. The van der Waals surface area contributed by atoms with Crippen molar-refractivity contribution in [1.82, 2.24) is 0 Å². The van der Waals surface area contributed by atoms with Crippen LogP contribution < -0.4 is 10.1 Å². The van der Waals surface area contributed by atoms with Crippen molar-refractivity contribution in [2.75, 3.05) is 5.32 Å². The monoisotopic (exact) mass is 273 g/mol. The van der Waals surface area contributed by atoms with Crippen molar-refractivity contribution in [1.29, 1.82) is 0 Å². The van der Waals surface area contributed by atoms with Crippen molar-refractivity contribution in [2.24, 2.45) is 0 Å². The van der Waals surface area contributed by atoms with Gasteiger partial charge in [-0.25, -0.2) is 4.39 Å². The summed E-state index contributed by atoms with van der Waals surface area (Å²) < 4.78 is 18.3. The van der Waals surface area contributed by atoms with E-state index in [0.717, 1.165) is 5.56 Å². The van der Waals surface area contributed by atoms with Gasteiger partial charge < -0.3 is 10.1 Å². The molecule has 0 saturated carbocycles. The lowest BCUT2D eigenvalue weighted by Crippen LogP contribution is -2.30. The number of benzene rings is 2. The van der Waals surface area contributed by atoms with E-state index in [1.54, 1.807) is 13.0 Å². The van der Waals surface area contributed by atoms with E-state index in [0.29, 0.717) is 11.4 Å². The number of anilines is 1. The Morgan fingerprint density at radius 2 is 1.90 bits per heavy atom. The number of hydrogen-bond donors (Lipinski definition) is 1. The molecular weight excluding hydrogens is 257 g/mol. The summed E-state index contributed by atoms with van der Waals surface area (Å²) in [6.07, 6.45) is -0.637. The first kappa shape index (κ1) is 14.1. The molecule has 0 aliphatic heterocycles. The normalized spacial score (nSPS) is 11.8. The first-order valence-electron chi connectivity index (χ1n) is 6.34. The molecule has 0 fully saturated rings. The second-order valence-electron chi connectivity index (χ2n) is 4.57. The standard InChI is InChI=1S/C16H16FNO2/c1-11-4-3-5-15(10-11)20-12(2)16(19)18-14-8-6-13(17)7-9-14/h3-10,12H,1-2H3,(H,18,19)/t12-/m0/s1. The van der Waals surface area contributed by atoms with Gasteiger partial charge in [0.15, 0.2) is 6.10 Å². The van der Waals surface area contributed by atoms with Gasteiger partial charge in [-0.15, -0.1) is 0 Å². The van der Waals surface area contributed by atoms with Crippen LogP contribution in [0.4, 0.5) is 10.1 Å². The molecule has 2 rings (SSSR count). The molecule has 1 N–H and O–H groups in total. The lowest BCUT2D eigenvalue weighted by molar-refractivity contribution is -0.122. The van der Waals surface area contributed by atoms with Crippen LogP contribution in [0.3, 0.4) is 0 Å². The van der Waals surface area contributed by atoms with Crippen molar-refractivity contribution >= 4 is 11.6 Å². The van der Waals surface area contributed by atoms with Gasteiger partial charge in [-0.1, -0.05) is 12.1 Å². The number of rotatable bonds is 4. The van der Waals surface area contributed by atoms with Gasteiger partial charge in [0.1, 0.15) is 11.6 Å². The van der Waals surface area contributed by atoms with Crippen LogP contribution >= 0.6 is 0 Å². The van der Waals surface area contributed by atoms with Crippen LogP contribution in [0.5, 0.6) is 5.75 Å². The summed E-state index contributed by atoms with van der Waals surface area (Å²) in [7, 11) is 0. The molecule has 0 spiro atoms. The fourth-order valence-corrected chi connectivity index (χ4v) is 1.72. The Morgan fingerprint density at radius 1 is 1.20 bits per heavy atom. The van der Waals surface area contributed by atoms with Crippen LogP contribution in [0.2, 0.25) is 0 Å². The number of halogens is 1. The molecule has 1 amide bonds. The maximum atomic E-state index is 12.8. The number of carbonyl (C=O) groups excluding carboxylic acids is 1. The molecule has 2 aromatic rings. The number of nitrogens with one attached hydrogen (secondary N) is 1. The molecule has 0 aromatic heterocycles. The molecule has 0 aliphatic carbocycles. The Morgan fingerprint density at radius 3 is 2.55 bits per heavy atom. The van der Waals surface area contributed by atoms with Gasteiger partial charge in [0, 0.05) is 5.69 Å². The van der Waals surface area contributed by atoms with Gasteiger partial charge in [-0.2, -0.15) is 0 Å². The van der Waals surface area contributed by atoms with E-state index in [-0.39, 0.29) is 11.7 Å². The highest BCUT2D eigenvalue weighted by Gasteiger charge is 2.14. The fourth-order valence-electron chi connectivity index (χ4n) is 1.72. The zero-order chi connectivity index (χ0) is 14.5. The highest BCUT2D eigenvalue weighted by Crippen LogP contribution is 2.15. The Kier molecular flexibility index (Phi) is 4.35. The van der Waals surface area contributed by atoms with Crippen molar-refractivity contribution in [3.8, 4) is 5.75 Å². The van der Waals surface area contributed by atoms with E-state index in [1.165, 1.54) is 24.3 Å². The van der Waals surface area contributed by atoms with Crippen LogP contribution in [0.25, 0.3) is 0 Å². The third-order valence-electron chi connectivity index (χ3n) is 2.78. The van der Waals surface area contributed by atoms with Gasteiger partial charge in [-0.05, 0) is 55.8 Å². The van der Waals surface area contributed by atoms with E-state index in [4.69, 9.17) is 4.74 Å².